The zero-order valence-corrected chi connectivity index (χ0v) is 18.1. The molecule has 0 atom stereocenters. The van der Waals surface area contributed by atoms with Crippen molar-refractivity contribution in [3.05, 3.63) is 72.3 Å². The first-order valence-electron chi connectivity index (χ1n) is 9.69. The van der Waals surface area contributed by atoms with E-state index in [1.54, 1.807) is 4.90 Å². The largest absolute Gasteiger partial charge is 0.339 e. The van der Waals surface area contributed by atoms with Gasteiger partial charge in [0.2, 0.25) is 15.9 Å². The third-order valence-electron chi connectivity index (χ3n) is 5.19. The highest BCUT2D eigenvalue weighted by molar-refractivity contribution is 8.00. The second kappa shape index (κ2) is 8.94. The predicted octanol–water partition coefficient (Wildman–Crippen LogP) is 3.74. The van der Waals surface area contributed by atoms with Crippen molar-refractivity contribution in [3.8, 4) is 0 Å². The van der Waals surface area contributed by atoms with Crippen LogP contribution >= 0.6 is 11.8 Å². The Morgan fingerprint density at radius 3 is 2.32 bits per heavy atom. The Morgan fingerprint density at radius 2 is 1.61 bits per heavy atom. The van der Waals surface area contributed by atoms with Gasteiger partial charge in [-0.3, -0.25) is 4.79 Å². The van der Waals surface area contributed by atoms with E-state index in [1.807, 2.05) is 42.5 Å². The van der Waals surface area contributed by atoms with Crippen LogP contribution in [0.15, 0.2) is 70.5 Å². The number of carbonyl (C=O) groups excluding carboxylic acids is 1. The van der Waals surface area contributed by atoms with Crippen LogP contribution in [-0.4, -0.2) is 55.5 Å². The summed E-state index contributed by atoms with van der Waals surface area (Å²) in [5.74, 6) is -1.79. The zero-order valence-electron chi connectivity index (χ0n) is 16.5. The van der Waals surface area contributed by atoms with Gasteiger partial charge < -0.3 is 4.90 Å². The van der Waals surface area contributed by atoms with E-state index in [2.05, 4.69) is 0 Å². The number of halogens is 2. The second-order valence-corrected chi connectivity index (χ2v) is 10.1. The fourth-order valence-corrected chi connectivity index (χ4v) is 5.81. The summed E-state index contributed by atoms with van der Waals surface area (Å²) in [6, 6.07) is 16.4. The highest BCUT2D eigenvalue weighted by Gasteiger charge is 2.32. The standard InChI is InChI=1S/C22H20F2N2O3S2/c23-18-6-8-21(20(24)14-18)31(28,29)26-11-9-25(10-12-26)22(27)15-30-19-7-5-16-3-1-2-4-17(16)13-19/h1-8,13-14H,9-12,15H2. The van der Waals surface area contributed by atoms with Crippen LogP contribution < -0.4 is 0 Å². The molecule has 0 aromatic heterocycles. The van der Waals surface area contributed by atoms with E-state index in [-0.39, 0.29) is 37.8 Å². The lowest BCUT2D eigenvalue weighted by Crippen LogP contribution is -2.51. The van der Waals surface area contributed by atoms with Gasteiger partial charge in [-0.2, -0.15) is 4.31 Å². The van der Waals surface area contributed by atoms with E-state index in [9.17, 15) is 22.0 Å². The van der Waals surface area contributed by atoms with Crippen molar-refractivity contribution in [2.75, 3.05) is 31.9 Å². The zero-order chi connectivity index (χ0) is 22.0. The van der Waals surface area contributed by atoms with Gasteiger partial charge in [0.05, 0.1) is 5.75 Å². The number of piperazine rings is 1. The lowest BCUT2D eigenvalue weighted by molar-refractivity contribution is -0.129. The van der Waals surface area contributed by atoms with Crippen LogP contribution in [0.4, 0.5) is 8.78 Å². The minimum atomic E-state index is -4.09. The molecule has 9 heteroatoms. The summed E-state index contributed by atoms with van der Waals surface area (Å²) in [7, 11) is -4.09. The van der Waals surface area contributed by atoms with E-state index in [0.29, 0.717) is 6.07 Å². The van der Waals surface area contributed by atoms with E-state index >= 15 is 0 Å². The molecule has 31 heavy (non-hydrogen) atoms. The molecule has 1 amide bonds. The average molecular weight is 463 g/mol. The minimum Gasteiger partial charge on any atom is -0.339 e. The number of rotatable bonds is 5. The van der Waals surface area contributed by atoms with Crippen molar-refractivity contribution in [3.63, 3.8) is 0 Å². The van der Waals surface area contributed by atoms with Gasteiger partial charge in [-0.15, -0.1) is 11.8 Å². The number of sulfonamides is 1. The van der Waals surface area contributed by atoms with Crippen molar-refractivity contribution in [1.82, 2.24) is 9.21 Å². The molecule has 3 aromatic rings. The maximum Gasteiger partial charge on any atom is 0.246 e. The molecule has 1 aliphatic rings. The van der Waals surface area contributed by atoms with Gasteiger partial charge in [0.25, 0.3) is 0 Å². The van der Waals surface area contributed by atoms with Crippen LogP contribution in [0.3, 0.4) is 0 Å². The Bertz CT molecular complexity index is 1230. The van der Waals surface area contributed by atoms with Crippen LogP contribution in [0.2, 0.25) is 0 Å². The fourth-order valence-electron chi connectivity index (χ4n) is 3.49. The van der Waals surface area contributed by atoms with Crippen LogP contribution in [0.25, 0.3) is 10.8 Å². The topological polar surface area (TPSA) is 57.7 Å². The molecule has 0 aliphatic carbocycles. The molecule has 162 valence electrons. The van der Waals surface area contributed by atoms with E-state index in [1.165, 1.54) is 11.8 Å². The van der Waals surface area contributed by atoms with Crippen LogP contribution in [0.1, 0.15) is 0 Å². The molecule has 0 bridgehead atoms. The molecule has 1 aliphatic heterocycles. The number of thioether (sulfide) groups is 1. The van der Waals surface area contributed by atoms with E-state index in [0.717, 1.165) is 32.1 Å². The normalized spacial score (nSPS) is 15.4. The van der Waals surface area contributed by atoms with Gasteiger partial charge >= 0.3 is 0 Å². The van der Waals surface area contributed by atoms with Crippen molar-refractivity contribution in [2.24, 2.45) is 0 Å². The molecule has 0 spiro atoms. The summed E-state index contributed by atoms with van der Waals surface area (Å²) in [5.41, 5.74) is 0. The quantitative estimate of drug-likeness (QED) is 0.542. The van der Waals surface area contributed by atoms with Gasteiger partial charge in [-0.25, -0.2) is 17.2 Å². The summed E-state index contributed by atoms with van der Waals surface area (Å²) < 4.78 is 53.5. The lowest BCUT2D eigenvalue weighted by atomic mass is 10.1. The summed E-state index contributed by atoms with van der Waals surface area (Å²) in [6.07, 6.45) is 0. The van der Waals surface area contributed by atoms with Gasteiger partial charge in [-0.05, 0) is 35.0 Å². The molecule has 1 saturated heterocycles. The molecular formula is C22H20F2N2O3S2. The Kier molecular flexibility index (Phi) is 6.27. The Hall–Kier alpha value is -2.49. The summed E-state index contributed by atoms with van der Waals surface area (Å²) in [5, 5.41) is 2.24. The molecule has 0 unspecified atom stereocenters. The van der Waals surface area contributed by atoms with Crippen molar-refractivity contribution < 1.29 is 22.0 Å². The minimum absolute atomic E-state index is 0.0610. The molecule has 1 heterocycles. The van der Waals surface area contributed by atoms with Gasteiger partial charge in [-0.1, -0.05) is 30.3 Å². The summed E-state index contributed by atoms with van der Waals surface area (Å²) in [6.45, 7) is 0.565. The Morgan fingerprint density at radius 1 is 0.903 bits per heavy atom. The maximum atomic E-state index is 14.0. The van der Waals surface area contributed by atoms with Crippen molar-refractivity contribution >= 4 is 38.5 Å². The van der Waals surface area contributed by atoms with E-state index in [4.69, 9.17) is 0 Å². The molecule has 0 saturated carbocycles. The molecule has 1 fully saturated rings. The molecule has 0 N–H and O–H groups in total. The number of hydrogen-bond acceptors (Lipinski definition) is 4. The number of fused-ring (bicyclic) bond motifs is 1. The Labute approximate surface area is 183 Å². The average Bonchev–Trinajstić information content (AvgIpc) is 2.77. The van der Waals surface area contributed by atoms with Crippen LogP contribution in [0.5, 0.6) is 0 Å². The van der Waals surface area contributed by atoms with Crippen molar-refractivity contribution in [2.45, 2.75) is 9.79 Å². The third-order valence-corrected chi connectivity index (χ3v) is 8.10. The number of nitrogens with zero attached hydrogens (tertiary/aromatic N) is 2. The van der Waals surface area contributed by atoms with Crippen LogP contribution in [0, 0.1) is 11.6 Å². The first-order valence-corrected chi connectivity index (χ1v) is 12.1. The van der Waals surface area contributed by atoms with Crippen molar-refractivity contribution in [1.29, 1.82) is 0 Å². The number of amides is 1. The first kappa shape index (κ1) is 21.7. The van der Waals surface area contributed by atoms with Gasteiger partial charge in [0.15, 0.2) is 0 Å². The van der Waals surface area contributed by atoms with E-state index < -0.39 is 26.6 Å². The second-order valence-electron chi connectivity index (χ2n) is 7.16. The third kappa shape index (κ3) is 4.73. The van der Waals surface area contributed by atoms with Crippen LogP contribution in [-0.2, 0) is 14.8 Å². The fraction of sp³-hybridized carbons (Fsp3) is 0.227. The molecular weight excluding hydrogens is 442 g/mol. The smallest absolute Gasteiger partial charge is 0.246 e. The number of carbonyl (C=O) groups is 1. The van der Waals surface area contributed by atoms with Gasteiger partial charge in [0.1, 0.15) is 16.5 Å². The maximum absolute atomic E-state index is 14.0. The monoisotopic (exact) mass is 462 g/mol. The highest BCUT2D eigenvalue weighted by atomic mass is 32.2. The highest BCUT2D eigenvalue weighted by Crippen LogP contribution is 2.25. The summed E-state index contributed by atoms with van der Waals surface area (Å²) >= 11 is 1.44. The Balaban J connectivity index is 1.35. The summed E-state index contributed by atoms with van der Waals surface area (Å²) in [4.78, 5) is 14.6. The number of benzene rings is 3. The molecule has 0 radical (unpaired) electrons. The lowest BCUT2D eigenvalue weighted by Gasteiger charge is -2.34. The molecule has 5 nitrogen and oxygen atoms in total. The molecule has 4 rings (SSSR count). The predicted molar refractivity (Wildman–Crippen MR) is 116 cm³/mol. The SMILES string of the molecule is O=C(CSc1ccc2ccccc2c1)N1CCN(S(=O)(=O)c2ccc(F)cc2F)CC1. The number of hydrogen-bond donors (Lipinski definition) is 0. The molecule has 3 aromatic carbocycles. The first-order chi connectivity index (χ1) is 14.8. The van der Waals surface area contributed by atoms with Gasteiger partial charge in [0, 0.05) is 37.1 Å².